The summed E-state index contributed by atoms with van der Waals surface area (Å²) in [4.78, 5) is 24.0. The Labute approximate surface area is 170 Å². The van der Waals surface area contributed by atoms with Crippen molar-refractivity contribution in [3.63, 3.8) is 0 Å². The Morgan fingerprint density at radius 2 is 2.11 bits per heavy atom. The highest BCUT2D eigenvalue weighted by Gasteiger charge is 2.29. The molecule has 2 aromatic heterocycles. The van der Waals surface area contributed by atoms with E-state index in [1.165, 1.54) is 0 Å². The van der Waals surface area contributed by atoms with E-state index < -0.39 is 0 Å². The van der Waals surface area contributed by atoms with Crippen LogP contribution in [0.1, 0.15) is 46.2 Å². The van der Waals surface area contributed by atoms with Gasteiger partial charge in [-0.2, -0.15) is 0 Å². The molecule has 1 aliphatic rings. The third kappa shape index (κ3) is 3.94. The number of nitrogens with zero attached hydrogens (tertiary/aromatic N) is 4. The summed E-state index contributed by atoms with van der Waals surface area (Å²) >= 11 is 6.29. The van der Waals surface area contributed by atoms with Gasteiger partial charge in [0.1, 0.15) is 5.82 Å². The van der Waals surface area contributed by atoms with Crippen molar-refractivity contribution in [1.29, 1.82) is 0 Å². The minimum absolute atomic E-state index is 0.00114. The maximum Gasteiger partial charge on any atom is 0.255 e. The number of piperidine rings is 1. The first-order valence-corrected chi connectivity index (χ1v) is 9.96. The molecule has 0 aliphatic carbocycles. The van der Waals surface area contributed by atoms with Crippen molar-refractivity contribution in [2.75, 3.05) is 13.1 Å². The van der Waals surface area contributed by atoms with Gasteiger partial charge in [-0.15, -0.1) is 0 Å². The van der Waals surface area contributed by atoms with Gasteiger partial charge in [-0.1, -0.05) is 29.3 Å². The number of aryl methyl sites for hydroxylation is 1. The molecule has 28 heavy (non-hydrogen) atoms. The topological polar surface area (TPSA) is 51.0 Å². The van der Waals surface area contributed by atoms with Crippen LogP contribution < -0.4 is 0 Å². The smallest absolute Gasteiger partial charge is 0.255 e. The van der Waals surface area contributed by atoms with Crippen molar-refractivity contribution in [2.24, 2.45) is 0 Å². The van der Waals surface area contributed by atoms with Crippen LogP contribution in [0, 0.1) is 6.92 Å². The van der Waals surface area contributed by atoms with Crippen molar-refractivity contribution in [1.82, 2.24) is 19.4 Å². The summed E-state index contributed by atoms with van der Waals surface area (Å²) in [6.45, 7) is 4.06. The number of halogens is 1. The molecule has 0 N–H and O–H groups in total. The molecule has 0 radical (unpaired) electrons. The van der Waals surface area contributed by atoms with Gasteiger partial charge in [0.25, 0.3) is 5.91 Å². The summed E-state index contributed by atoms with van der Waals surface area (Å²) in [7, 11) is 0. The first-order valence-electron chi connectivity index (χ1n) is 9.58. The van der Waals surface area contributed by atoms with Gasteiger partial charge < -0.3 is 9.47 Å². The maximum absolute atomic E-state index is 13.1. The molecule has 0 saturated carbocycles. The van der Waals surface area contributed by atoms with Gasteiger partial charge >= 0.3 is 0 Å². The predicted molar refractivity (Wildman–Crippen MR) is 110 cm³/mol. The van der Waals surface area contributed by atoms with Crippen LogP contribution in [0.25, 0.3) is 0 Å². The summed E-state index contributed by atoms with van der Waals surface area (Å²) in [5, 5.41) is 0.509. The highest BCUT2D eigenvalue weighted by Crippen LogP contribution is 2.28. The summed E-state index contributed by atoms with van der Waals surface area (Å²) in [5.74, 6) is 1.22. The molecule has 1 aromatic carbocycles. The van der Waals surface area contributed by atoms with Gasteiger partial charge in [-0.3, -0.25) is 9.78 Å². The summed E-state index contributed by atoms with van der Waals surface area (Å²) in [5.41, 5.74) is 2.61. The molecule has 1 aliphatic heterocycles. The largest absolute Gasteiger partial charge is 0.338 e. The van der Waals surface area contributed by atoms with Crippen LogP contribution in [-0.2, 0) is 6.54 Å². The predicted octanol–water partition coefficient (Wildman–Crippen LogP) is 4.31. The maximum atomic E-state index is 13.1. The van der Waals surface area contributed by atoms with E-state index >= 15 is 0 Å². The second kappa shape index (κ2) is 8.15. The molecule has 1 saturated heterocycles. The standard InChI is InChI=1S/C22H23ClN4O/c1-16-7-8-20(23)19(13-16)22(28)27-11-4-5-17(14-27)21-25-10-12-26(21)15-18-6-2-3-9-24-18/h2-3,6-10,12-13,17H,4-5,11,14-15H2,1H3/t17-/m0/s1. The molecular formula is C22H23ClN4O. The normalized spacial score (nSPS) is 16.9. The highest BCUT2D eigenvalue weighted by molar-refractivity contribution is 6.33. The van der Waals surface area contributed by atoms with E-state index in [0.29, 0.717) is 23.7 Å². The number of rotatable bonds is 4. The van der Waals surface area contributed by atoms with Gasteiger partial charge in [0.15, 0.2) is 0 Å². The molecule has 4 rings (SSSR count). The SMILES string of the molecule is Cc1ccc(Cl)c(C(=O)N2CCC[C@H](c3nccn3Cc3ccccn3)C2)c1. The molecule has 6 heteroatoms. The molecule has 1 amide bonds. The molecule has 144 valence electrons. The van der Waals surface area contributed by atoms with Crippen LogP contribution in [0.2, 0.25) is 5.02 Å². The average molecular weight is 395 g/mol. The lowest BCUT2D eigenvalue weighted by atomic mass is 9.96. The number of carbonyl (C=O) groups is 1. The Balaban J connectivity index is 1.53. The van der Waals surface area contributed by atoms with Crippen LogP contribution in [0.15, 0.2) is 55.0 Å². The van der Waals surface area contributed by atoms with Gasteiger partial charge in [-0.25, -0.2) is 4.98 Å². The molecule has 0 bridgehead atoms. The van der Waals surface area contributed by atoms with E-state index in [0.717, 1.165) is 36.5 Å². The minimum atomic E-state index is 0.00114. The lowest BCUT2D eigenvalue weighted by Gasteiger charge is -2.33. The number of aromatic nitrogens is 3. The van der Waals surface area contributed by atoms with Gasteiger partial charge in [0.05, 0.1) is 22.8 Å². The van der Waals surface area contributed by atoms with Crippen LogP contribution >= 0.6 is 11.6 Å². The van der Waals surface area contributed by atoms with Crippen LogP contribution in [0.4, 0.5) is 0 Å². The van der Waals surface area contributed by atoms with Crippen LogP contribution in [-0.4, -0.2) is 38.4 Å². The van der Waals surface area contributed by atoms with Crippen molar-refractivity contribution in [2.45, 2.75) is 32.2 Å². The zero-order valence-corrected chi connectivity index (χ0v) is 16.6. The quantitative estimate of drug-likeness (QED) is 0.662. The van der Waals surface area contributed by atoms with E-state index in [1.54, 1.807) is 12.3 Å². The number of imidazole rings is 1. The number of amides is 1. The van der Waals surface area contributed by atoms with E-state index in [2.05, 4.69) is 14.5 Å². The lowest BCUT2D eigenvalue weighted by molar-refractivity contribution is 0.0703. The first-order chi connectivity index (χ1) is 13.6. The number of pyridine rings is 1. The van der Waals surface area contributed by atoms with E-state index in [4.69, 9.17) is 11.6 Å². The average Bonchev–Trinajstić information content (AvgIpc) is 3.18. The molecule has 3 aromatic rings. The summed E-state index contributed by atoms with van der Waals surface area (Å²) in [6, 6.07) is 11.5. The molecule has 1 fully saturated rings. The Kier molecular flexibility index (Phi) is 5.44. The van der Waals surface area contributed by atoms with E-state index in [1.807, 2.05) is 54.5 Å². The fourth-order valence-corrected chi connectivity index (χ4v) is 4.02. The van der Waals surface area contributed by atoms with Crippen LogP contribution in [0.3, 0.4) is 0 Å². The molecule has 3 heterocycles. The minimum Gasteiger partial charge on any atom is -0.338 e. The zero-order chi connectivity index (χ0) is 19.5. The molecule has 5 nitrogen and oxygen atoms in total. The summed E-state index contributed by atoms with van der Waals surface area (Å²) < 4.78 is 2.14. The third-order valence-corrected chi connectivity index (χ3v) is 5.56. The Bertz CT molecular complexity index is 970. The Hall–Kier alpha value is -2.66. The van der Waals surface area contributed by atoms with E-state index in [-0.39, 0.29) is 11.8 Å². The number of benzene rings is 1. The second-order valence-electron chi connectivity index (χ2n) is 7.31. The lowest BCUT2D eigenvalue weighted by Crippen LogP contribution is -2.40. The fraction of sp³-hybridized carbons (Fsp3) is 0.318. The van der Waals surface area contributed by atoms with Crippen LogP contribution in [0.5, 0.6) is 0 Å². The van der Waals surface area contributed by atoms with Gasteiger partial charge in [0.2, 0.25) is 0 Å². The molecule has 0 unspecified atom stereocenters. The second-order valence-corrected chi connectivity index (χ2v) is 7.72. The van der Waals surface area contributed by atoms with Crippen molar-refractivity contribution < 1.29 is 4.79 Å². The van der Waals surface area contributed by atoms with Gasteiger partial charge in [-0.05, 0) is 44.0 Å². The number of hydrogen-bond donors (Lipinski definition) is 0. The van der Waals surface area contributed by atoms with Gasteiger partial charge in [0, 0.05) is 37.6 Å². The third-order valence-electron chi connectivity index (χ3n) is 5.23. The first kappa shape index (κ1) is 18.7. The van der Waals surface area contributed by atoms with Crippen molar-refractivity contribution in [3.8, 4) is 0 Å². The summed E-state index contributed by atoms with van der Waals surface area (Å²) in [6.07, 6.45) is 7.60. The zero-order valence-electron chi connectivity index (χ0n) is 15.9. The number of carbonyl (C=O) groups excluding carboxylic acids is 1. The molecule has 1 atom stereocenters. The molecule has 0 spiro atoms. The Morgan fingerprint density at radius 1 is 1.21 bits per heavy atom. The highest BCUT2D eigenvalue weighted by atomic mass is 35.5. The fourth-order valence-electron chi connectivity index (χ4n) is 3.83. The Morgan fingerprint density at radius 3 is 2.93 bits per heavy atom. The number of likely N-dealkylation sites (tertiary alicyclic amines) is 1. The van der Waals surface area contributed by atoms with Crippen molar-refractivity contribution in [3.05, 3.63) is 82.7 Å². The van der Waals surface area contributed by atoms with Crippen molar-refractivity contribution >= 4 is 17.5 Å². The van der Waals surface area contributed by atoms with E-state index in [9.17, 15) is 4.79 Å². The number of hydrogen-bond acceptors (Lipinski definition) is 3. The monoisotopic (exact) mass is 394 g/mol. The molecular weight excluding hydrogens is 372 g/mol.